The maximum Gasteiger partial charge on any atom is 0.206 e. The molecule has 2 aromatic heterocycles. The average Bonchev–Trinajstić information content (AvgIpc) is 3.42. The fourth-order valence-electron chi connectivity index (χ4n) is 5.51. The van der Waals surface area contributed by atoms with E-state index in [9.17, 15) is 8.42 Å². The van der Waals surface area contributed by atoms with Crippen LogP contribution in [0.3, 0.4) is 0 Å². The summed E-state index contributed by atoms with van der Waals surface area (Å²) in [7, 11) is -1.49. The molecule has 6 rings (SSSR count). The predicted molar refractivity (Wildman–Crippen MR) is 126 cm³/mol. The molecule has 2 atom stereocenters. The Bertz CT molecular complexity index is 1430. The minimum Gasteiger partial charge on any atom is -0.348 e. The predicted octanol–water partition coefficient (Wildman–Crippen LogP) is 4.76. The summed E-state index contributed by atoms with van der Waals surface area (Å²) < 4.78 is 31.4. The number of nitrogens with one attached hydrogen (secondary N) is 1. The highest BCUT2D eigenvalue weighted by molar-refractivity contribution is 7.91. The van der Waals surface area contributed by atoms with Gasteiger partial charge in [0.15, 0.2) is 0 Å². The van der Waals surface area contributed by atoms with Gasteiger partial charge in [0.05, 0.1) is 9.79 Å². The second-order valence-corrected chi connectivity index (χ2v) is 10.6. The van der Waals surface area contributed by atoms with Gasteiger partial charge in [-0.2, -0.15) is 0 Å². The van der Waals surface area contributed by atoms with Gasteiger partial charge in [-0.25, -0.2) is 8.42 Å². The number of hydrogen-bond acceptors (Lipinski definition) is 3. The Kier molecular flexibility index (Phi) is 4.73. The van der Waals surface area contributed by atoms with Gasteiger partial charge < -0.3 is 14.5 Å². The number of halogens is 1. The molecule has 162 valence electrons. The summed E-state index contributed by atoms with van der Waals surface area (Å²) in [6.07, 6.45) is 5.34. The summed E-state index contributed by atoms with van der Waals surface area (Å²) in [5.41, 5.74) is 4.83. The summed E-state index contributed by atoms with van der Waals surface area (Å²) in [5.74, 6) is 0. The van der Waals surface area contributed by atoms with Crippen molar-refractivity contribution in [3.05, 3.63) is 59.9 Å². The normalized spacial score (nSPS) is 20.2. The van der Waals surface area contributed by atoms with Crippen LogP contribution in [-0.2, 0) is 29.9 Å². The summed E-state index contributed by atoms with van der Waals surface area (Å²) >= 11 is 0. The second kappa shape index (κ2) is 7.12. The zero-order chi connectivity index (χ0) is 20.6. The fourth-order valence-corrected chi connectivity index (χ4v) is 6.83. The third-order valence-corrected chi connectivity index (χ3v) is 8.82. The van der Waals surface area contributed by atoms with E-state index in [4.69, 9.17) is 0 Å². The van der Waals surface area contributed by atoms with Gasteiger partial charge in [-0.3, -0.25) is 0 Å². The van der Waals surface area contributed by atoms with Gasteiger partial charge in [-0.1, -0.05) is 0 Å². The molecule has 0 saturated carbocycles. The van der Waals surface area contributed by atoms with E-state index in [0.717, 1.165) is 41.2 Å². The third kappa shape index (κ3) is 2.89. The molecule has 7 heteroatoms. The van der Waals surface area contributed by atoms with Crippen molar-refractivity contribution in [3.8, 4) is 0 Å². The number of fused-ring (bicyclic) bond motifs is 7. The average molecular weight is 456 g/mol. The Labute approximate surface area is 188 Å². The van der Waals surface area contributed by atoms with Gasteiger partial charge in [-0.15, -0.1) is 12.4 Å². The Morgan fingerprint density at radius 3 is 2.55 bits per heavy atom. The first-order chi connectivity index (χ1) is 14.5. The Morgan fingerprint density at radius 1 is 1.03 bits per heavy atom. The highest BCUT2D eigenvalue weighted by Crippen LogP contribution is 2.42. The van der Waals surface area contributed by atoms with Crippen LogP contribution in [0, 0.1) is 0 Å². The highest BCUT2D eigenvalue weighted by atomic mass is 35.5. The Morgan fingerprint density at radius 2 is 1.77 bits per heavy atom. The number of benzene rings is 2. The van der Waals surface area contributed by atoms with Gasteiger partial charge in [0.1, 0.15) is 0 Å². The van der Waals surface area contributed by atoms with Crippen molar-refractivity contribution < 1.29 is 8.42 Å². The zero-order valence-electron chi connectivity index (χ0n) is 17.6. The van der Waals surface area contributed by atoms with E-state index in [1.807, 2.05) is 30.5 Å². The second-order valence-electron chi connectivity index (χ2n) is 8.62. The van der Waals surface area contributed by atoms with Crippen molar-refractivity contribution >= 4 is 44.1 Å². The van der Waals surface area contributed by atoms with Gasteiger partial charge in [-0.05, 0) is 67.8 Å². The molecular formula is C24H26ClN3O2S. The molecule has 2 bridgehead atoms. The van der Waals surface area contributed by atoms with Crippen LogP contribution >= 0.6 is 12.4 Å². The van der Waals surface area contributed by atoms with E-state index in [1.165, 1.54) is 17.7 Å². The molecule has 2 unspecified atom stereocenters. The summed E-state index contributed by atoms with van der Waals surface area (Å²) in [6.45, 7) is 2.95. The molecule has 2 aliphatic rings. The lowest BCUT2D eigenvalue weighted by atomic mass is 9.99. The van der Waals surface area contributed by atoms with Gasteiger partial charge in [0.25, 0.3) is 0 Å². The van der Waals surface area contributed by atoms with E-state index < -0.39 is 9.84 Å². The van der Waals surface area contributed by atoms with Gasteiger partial charge >= 0.3 is 0 Å². The lowest BCUT2D eigenvalue weighted by molar-refractivity contribution is 0.503. The Hall–Kier alpha value is -2.28. The molecule has 1 N–H and O–H groups in total. The molecule has 1 saturated heterocycles. The van der Waals surface area contributed by atoms with Crippen LogP contribution in [0.2, 0.25) is 0 Å². The van der Waals surface area contributed by atoms with Crippen LogP contribution < -0.4 is 5.32 Å². The minimum atomic E-state index is -3.59. The molecule has 2 aromatic carbocycles. The number of nitrogens with zero attached hydrogens (tertiary/aromatic N) is 2. The van der Waals surface area contributed by atoms with Crippen LogP contribution in [0.5, 0.6) is 0 Å². The molecule has 1 fully saturated rings. The highest BCUT2D eigenvalue weighted by Gasteiger charge is 2.36. The van der Waals surface area contributed by atoms with Crippen molar-refractivity contribution in [1.82, 2.24) is 14.5 Å². The van der Waals surface area contributed by atoms with Crippen molar-refractivity contribution in [2.45, 2.75) is 54.6 Å². The van der Waals surface area contributed by atoms with Crippen LogP contribution in [0.25, 0.3) is 21.8 Å². The van der Waals surface area contributed by atoms with E-state index in [1.54, 1.807) is 18.2 Å². The van der Waals surface area contributed by atoms with Crippen LogP contribution in [-0.4, -0.2) is 23.6 Å². The smallest absolute Gasteiger partial charge is 0.206 e. The van der Waals surface area contributed by atoms with Crippen molar-refractivity contribution in [2.75, 3.05) is 0 Å². The van der Waals surface area contributed by atoms with Crippen molar-refractivity contribution in [2.24, 2.45) is 7.05 Å². The monoisotopic (exact) mass is 455 g/mol. The maximum atomic E-state index is 13.5. The van der Waals surface area contributed by atoms with E-state index >= 15 is 0 Å². The van der Waals surface area contributed by atoms with Gasteiger partial charge in [0, 0.05) is 65.8 Å². The molecular weight excluding hydrogens is 430 g/mol. The zero-order valence-corrected chi connectivity index (χ0v) is 19.3. The molecule has 31 heavy (non-hydrogen) atoms. The molecule has 0 radical (unpaired) electrons. The lowest BCUT2D eigenvalue weighted by Gasteiger charge is -2.23. The SMILES string of the molecule is CCn1ccc2cc(S(=O)(=O)c3ccc4c(c3)c3c(n4C)CC4CCC3N4)ccc21.Cl. The van der Waals surface area contributed by atoms with E-state index in [-0.39, 0.29) is 12.4 Å². The van der Waals surface area contributed by atoms with Crippen LogP contribution in [0.4, 0.5) is 0 Å². The van der Waals surface area contributed by atoms with E-state index in [0.29, 0.717) is 21.9 Å². The van der Waals surface area contributed by atoms with Crippen molar-refractivity contribution in [1.29, 1.82) is 0 Å². The van der Waals surface area contributed by atoms with Crippen LogP contribution in [0.1, 0.15) is 37.1 Å². The first-order valence-corrected chi connectivity index (χ1v) is 12.2. The number of rotatable bonds is 3. The fraction of sp³-hybridized carbons (Fsp3) is 0.333. The number of aromatic nitrogens is 2. The summed E-state index contributed by atoms with van der Waals surface area (Å²) in [5, 5.41) is 5.73. The molecule has 0 aliphatic carbocycles. The number of aryl methyl sites for hydroxylation is 2. The standard InChI is InChI=1S/C24H25N3O2S.ClH/c1-3-27-11-10-15-12-17(5-8-21(15)27)30(28,29)18-6-9-22-19(14-18)24-20-7-4-16(25-20)13-23(24)26(22)2;/h5-6,8-12,14,16,20,25H,3-4,7,13H2,1-2H3;1H. The maximum absolute atomic E-state index is 13.5. The minimum absolute atomic E-state index is 0. The quantitative estimate of drug-likeness (QED) is 0.484. The summed E-state index contributed by atoms with van der Waals surface area (Å²) in [4.78, 5) is 0.727. The molecule has 5 nitrogen and oxygen atoms in total. The lowest BCUT2D eigenvalue weighted by Crippen LogP contribution is -2.32. The molecule has 4 heterocycles. The first kappa shape index (κ1) is 20.6. The third-order valence-electron chi connectivity index (χ3n) is 7.07. The molecule has 0 amide bonds. The number of hydrogen-bond donors (Lipinski definition) is 1. The largest absolute Gasteiger partial charge is 0.348 e. The molecule has 0 spiro atoms. The van der Waals surface area contributed by atoms with Crippen LogP contribution in [0.15, 0.2) is 58.5 Å². The van der Waals surface area contributed by atoms with Gasteiger partial charge in [0.2, 0.25) is 9.84 Å². The molecule has 4 aromatic rings. The molecule has 2 aliphatic heterocycles. The first-order valence-electron chi connectivity index (χ1n) is 10.7. The van der Waals surface area contributed by atoms with E-state index in [2.05, 4.69) is 28.4 Å². The number of sulfone groups is 1. The Balaban J connectivity index is 0.00000204. The van der Waals surface area contributed by atoms with Crippen molar-refractivity contribution in [3.63, 3.8) is 0 Å². The topological polar surface area (TPSA) is 56.0 Å². The summed E-state index contributed by atoms with van der Waals surface area (Å²) in [6, 6.07) is 13.9.